The number of aliphatic hydroxyl groups is 1. The van der Waals surface area contributed by atoms with Gasteiger partial charge in [-0.3, -0.25) is 4.90 Å². The van der Waals surface area contributed by atoms with E-state index in [1.54, 1.807) is 0 Å². The maximum Gasteiger partial charge on any atom is 0.0597 e. The third-order valence-corrected chi connectivity index (χ3v) is 3.32. The maximum absolute atomic E-state index is 9.17. The Balaban J connectivity index is 2.48. The van der Waals surface area contributed by atoms with Gasteiger partial charge < -0.3 is 10.4 Å². The molecule has 0 saturated carbocycles. The van der Waals surface area contributed by atoms with Gasteiger partial charge in [0.05, 0.1) is 6.61 Å². The zero-order valence-electron chi connectivity index (χ0n) is 10.6. The molecule has 15 heavy (non-hydrogen) atoms. The number of rotatable bonds is 4. The Morgan fingerprint density at radius 3 is 2.67 bits per heavy atom. The Hall–Kier alpha value is -0.120. The minimum Gasteiger partial charge on any atom is -0.395 e. The van der Waals surface area contributed by atoms with Crippen molar-refractivity contribution in [2.75, 3.05) is 26.2 Å². The minimum absolute atomic E-state index is 0.223. The predicted molar refractivity (Wildman–Crippen MR) is 64.0 cm³/mol. The molecule has 3 nitrogen and oxygen atoms in total. The summed E-state index contributed by atoms with van der Waals surface area (Å²) in [5.74, 6) is 0.753. The molecule has 1 rings (SSSR count). The van der Waals surface area contributed by atoms with Crippen LogP contribution in [0, 0.1) is 5.92 Å². The topological polar surface area (TPSA) is 35.5 Å². The molecule has 1 heterocycles. The SMILES string of the molecule is CC(C)CCN1CC(CO)NCC1(C)C. The van der Waals surface area contributed by atoms with Crippen molar-refractivity contribution in [2.24, 2.45) is 5.92 Å². The minimum atomic E-state index is 0.223. The summed E-state index contributed by atoms with van der Waals surface area (Å²) < 4.78 is 0. The first kappa shape index (κ1) is 12.9. The van der Waals surface area contributed by atoms with Crippen molar-refractivity contribution < 1.29 is 5.11 Å². The zero-order chi connectivity index (χ0) is 11.5. The van der Waals surface area contributed by atoms with E-state index in [0.717, 1.165) is 25.6 Å². The van der Waals surface area contributed by atoms with Crippen LogP contribution in [0.15, 0.2) is 0 Å². The van der Waals surface area contributed by atoms with Crippen LogP contribution in [0.4, 0.5) is 0 Å². The molecule has 0 aromatic rings. The van der Waals surface area contributed by atoms with Crippen molar-refractivity contribution in [2.45, 2.75) is 45.7 Å². The van der Waals surface area contributed by atoms with E-state index < -0.39 is 0 Å². The van der Waals surface area contributed by atoms with E-state index in [1.807, 2.05) is 0 Å². The summed E-state index contributed by atoms with van der Waals surface area (Å²) in [5, 5.41) is 12.6. The van der Waals surface area contributed by atoms with Crippen molar-refractivity contribution >= 4 is 0 Å². The summed E-state index contributed by atoms with van der Waals surface area (Å²) in [5.41, 5.74) is 0.223. The van der Waals surface area contributed by atoms with Crippen molar-refractivity contribution in [3.63, 3.8) is 0 Å². The fraction of sp³-hybridized carbons (Fsp3) is 1.00. The highest BCUT2D eigenvalue weighted by Gasteiger charge is 2.33. The van der Waals surface area contributed by atoms with Gasteiger partial charge in [-0.25, -0.2) is 0 Å². The lowest BCUT2D eigenvalue weighted by atomic mass is 9.96. The van der Waals surface area contributed by atoms with Crippen LogP contribution < -0.4 is 5.32 Å². The normalized spacial score (nSPS) is 27.2. The molecular formula is C12H26N2O. The van der Waals surface area contributed by atoms with Crippen molar-refractivity contribution in [1.29, 1.82) is 0 Å². The lowest BCUT2D eigenvalue weighted by Gasteiger charge is -2.46. The first-order chi connectivity index (χ1) is 6.95. The molecule has 1 unspecified atom stereocenters. The van der Waals surface area contributed by atoms with E-state index in [-0.39, 0.29) is 18.2 Å². The number of hydrogen-bond acceptors (Lipinski definition) is 3. The average Bonchev–Trinajstić information content (AvgIpc) is 2.15. The standard InChI is InChI=1S/C12H26N2O/c1-10(2)5-6-14-7-11(8-15)13-9-12(14,3)4/h10-11,13,15H,5-9H2,1-4H3. The van der Waals surface area contributed by atoms with Crippen LogP contribution in [0.3, 0.4) is 0 Å². The smallest absolute Gasteiger partial charge is 0.0597 e. The molecule has 1 atom stereocenters. The molecule has 1 saturated heterocycles. The van der Waals surface area contributed by atoms with Gasteiger partial charge in [0.25, 0.3) is 0 Å². The fourth-order valence-electron chi connectivity index (χ4n) is 2.01. The lowest BCUT2D eigenvalue weighted by Crippen LogP contribution is -2.63. The first-order valence-corrected chi connectivity index (χ1v) is 6.05. The van der Waals surface area contributed by atoms with Crippen molar-refractivity contribution in [3.05, 3.63) is 0 Å². The number of aliphatic hydroxyl groups excluding tert-OH is 1. The monoisotopic (exact) mass is 214 g/mol. The van der Waals surface area contributed by atoms with E-state index in [0.29, 0.717) is 0 Å². The molecule has 0 radical (unpaired) electrons. The van der Waals surface area contributed by atoms with E-state index in [9.17, 15) is 0 Å². The summed E-state index contributed by atoms with van der Waals surface area (Å²) in [4.78, 5) is 2.50. The van der Waals surface area contributed by atoms with Crippen LogP contribution in [-0.4, -0.2) is 47.8 Å². The quantitative estimate of drug-likeness (QED) is 0.735. The molecule has 0 spiro atoms. The van der Waals surface area contributed by atoms with Gasteiger partial charge in [0.15, 0.2) is 0 Å². The third-order valence-electron chi connectivity index (χ3n) is 3.32. The molecule has 0 amide bonds. The average molecular weight is 214 g/mol. The Morgan fingerprint density at radius 2 is 2.13 bits per heavy atom. The van der Waals surface area contributed by atoms with Crippen LogP contribution in [0.5, 0.6) is 0 Å². The second kappa shape index (κ2) is 5.28. The molecule has 0 bridgehead atoms. The molecule has 0 aromatic carbocycles. The summed E-state index contributed by atoms with van der Waals surface area (Å²) in [7, 11) is 0. The van der Waals surface area contributed by atoms with Crippen molar-refractivity contribution in [1.82, 2.24) is 10.2 Å². The summed E-state index contributed by atoms with van der Waals surface area (Å²) in [6.07, 6.45) is 1.24. The second-order valence-electron chi connectivity index (χ2n) is 5.70. The summed E-state index contributed by atoms with van der Waals surface area (Å²) in [6.45, 7) is 12.4. The van der Waals surface area contributed by atoms with Gasteiger partial charge in [0.2, 0.25) is 0 Å². The number of piperazine rings is 1. The number of hydrogen-bond donors (Lipinski definition) is 2. The third kappa shape index (κ3) is 3.74. The van der Waals surface area contributed by atoms with Gasteiger partial charge in [0.1, 0.15) is 0 Å². The number of nitrogens with one attached hydrogen (secondary N) is 1. The summed E-state index contributed by atoms with van der Waals surface area (Å²) in [6, 6.07) is 0.255. The van der Waals surface area contributed by atoms with Gasteiger partial charge in [-0.2, -0.15) is 0 Å². The highest BCUT2D eigenvalue weighted by Crippen LogP contribution is 2.19. The molecule has 2 N–H and O–H groups in total. The van der Waals surface area contributed by atoms with Gasteiger partial charge in [-0.05, 0) is 32.7 Å². The molecule has 1 aliphatic rings. The largest absolute Gasteiger partial charge is 0.395 e. The van der Waals surface area contributed by atoms with E-state index >= 15 is 0 Å². The highest BCUT2D eigenvalue weighted by atomic mass is 16.3. The molecule has 90 valence electrons. The van der Waals surface area contributed by atoms with Crippen LogP contribution in [0.1, 0.15) is 34.1 Å². The van der Waals surface area contributed by atoms with Crippen LogP contribution in [0.25, 0.3) is 0 Å². The Morgan fingerprint density at radius 1 is 1.47 bits per heavy atom. The van der Waals surface area contributed by atoms with Gasteiger partial charge in [-0.15, -0.1) is 0 Å². The maximum atomic E-state index is 9.17. The van der Waals surface area contributed by atoms with E-state index in [4.69, 9.17) is 5.11 Å². The van der Waals surface area contributed by atoms with E-state index in [2.05, 4.69) is 37.9 Å². The molecule has 3 heteroatoms. The molecule has 0 aliphatic carbocycles. The molecular weight excluding hydrogens is 188 g/mol. The molecule has 1 aliphatic heterocycles. The van der Waals surface area contributed by atoms with Crippen LogP contribution in [0.2, 0.25) is 0 Å². The lowest BCUT2D eigenvalue weighted by molar-refractivity contribution is 0.0456. The molecule has 0 aromatic heterocycles. The predicted octanol–water partition coefficient (Wildman–Crippen LogP) is 1.08. The van der Waals surface area contributed by atoms with E-state index in [1.165, 1.54) is 6.42 Å². The Bertz CT molecular complexity index is 192. The van der Waals surface area contributed by atoms with Gasteiger partial charge >= 0.3 is 0 Å². The summed E-state index contributed by atoms with van der Waals surface area (Å²) >= 11 is 0. The second-order valence-corrected chi connectivity index (χ2v) is 5.70. The fourth-order valence-corrected chi connectivity index (χ4v) is 2.01. The highest BCUT2D eigenvalue weighted by molar-refractivity contribution is 4.92. The van der Waals surface area contributed by atoms with Gasteiger partial charge in [0, 0.05) is 24.7 Å². The van der Waals surface area contributed by atoms with Crippen molar-refractivity contribution in [3.8, 4) is 0 Å². The number of nitrogens with zero attached hydrogens (tertiary/aromatic N) is 1. The Labute approximate surface area is 93.9 Å². The molecule has 1 fully saturated rings. The van der Waals surface area contributed by atoms with Crippen LogP contribution in [-0.2, 0) is 0 Å². The van der Waals surface area contributed by atoms with Crippen LogP contribution >= 0.6 is 0 Å². The first-order valence-electron chi connectivity index (χ1n) is 6.05. The van der Waals surface area contributed by atoms with Gasteiger partial charge in [-0.1, -0.05) is 13.8 Å². The zero-order valence-corrected chi connectivity index (χ0v) is 10.6. The Kier molecular flexibility index (Phi) is 4.56.